The van der Waals surface area contributed by atoms with Crippen LogP contribution in [0.4, 0.5) is 13.2 Å². The first kappa shape index (κ1) is 18.7. The molecule has 2 fully saturated rings. The van der Waals surface area contributed by atoms with Crippen LogP contribution in [0, 0.1) is 29.3 Å². The Hall–Kier alpha value is -1.07. The summed E-state index contributed by atoms with van der Waals surface area (Å²) in [5, 5.41) is 0. The highest BCUT2D eigenvalue weighted by atomic mass is 19.2. The lowest BCUT2D eigenvalue weighted by Gasteiger charge is -2.38. The molecule has 1 aromatic rings. The molecule has 1 aliphatic heterocycles. The smallest absolute Gasteiger partial charge is 0.194 e. The van der Waals surface area contributed by atoms with Gasteiger partial charge in [0.05, 0.1) is 19.3 Å². The topological polar surface area (TPSA) is 18.5 Å². The van der Waals surface area contributed by atoms with E-state index in [-0.39, 0.29) is 5.92 Å². The third-order valence-corrected chi connectivity index (χ3v) is 5.74. The highest BCUT2D eigenvalue weighted by Crippen LogP contribution is 2.40. The van der Waals surface area contributed by atoms with E-state index in [0.29, 0.717) is 23.5 Å². The monoisotopic (exact) mass is 356 g/mol. The Morgan fingerprint density at radius 2 is 1.68 bits per heavy atom. The number of ether oxygens (including phenoxy) is 2. The zero-order valence-electron chi connectivity index (χ0n) is 14.8. The van der Waals surface area contributed by atoms with Crippen LogP contribution in [0.3, 0.4) is 0 Å². The minimum Gasteiger partial charge on any atom is -0.381 e. The summed E-state index contributed by atoms with van der Waals surface area (Å²) in [7, 11) is 0. The molecule has 2 atom stereocenters. The van der Waals surface area contributed by atoms with E-state index in [1.807, 2.05) is 6.92 Å². The van der Waals surface area contributed by atoms with Crippen molar-refractivity contribution < 1.29 is 22.6 Å². The molecule has 0 spiro atoms. The van der Waals surface area contributed by atoms with Crippen LogP contribution >= 0.6 is 0 Å². The van der Waals surface area contributed by atoms with E-state index in [1.165, 1.54) is 0 Å². The molecule has 1 heterocycles. The third kappa shape index (κ3) is 4.56. The summed E-state index contributed by atoms with van der Waals surface area (Å²) in [5.41, 5.74) is 0.580. The van der Waals surface area contributed by atoms with Crippen LogP contribution in [0.5, 0.6) is 0 Å². The van der Waals surface area contributed by atoms with Crippen molar-refractivity contribution in [2.45, 2.75) is 57.5 Å². The molecule has 0 amide bonds. The fourth-order valence-corrected chi connectivity index (χ4v) is 4.25. The van der Waals surface area contributed by atoms with Gasteiger partial charge in [-0.05, 0) is 75.0 Å². The molecular weight excluding hydrogens is 329 g/mol. The average molecular weight is 356 g/mol. The molecule has 0 radical (unpaired) electrons. The van der Waals surface area contributed by atoms with Gasteiger partial charge in [0.25, 0.3) is 0 Å². The van der Waals surface area contributed by atoms with Crippen molar-refractivity contribution in [2.75, 3.05) is 19.8 Å². The summed E-state index contributed by atoms with van der Waals surface area (Å²) in [5.74, 6) is -2.44. The molecule has 2 aliphatic rings. The summed E-state index contributed by atoms with van der Waals surface area (Å²) >= 11 is 0. The summed E-state index contributed by atoms with van der Waals surface area (Å²) in [6.07, 6.45) is 6.22. The lowest BCUT2D eigenvalue weighted by molar-refractivity contribution is -0.0721. The maximum absolute atomic E-state index is 13.4. The van der Waals surface area contributed by atoms with Gasteiger partial charge in [-0.3, -0.25) is 0 Å². The summed E-state index contributed by atoms with van der Waals surface area (Å²) in [4.78, 5) is 0. The Balaban J connectivity index is 1.49. The second-order valence-corrected chi connectivity index (χ2v) is 7.38. The Bertz CT molecular complexity index is 539. The molecule has 140 valence electrons. The molecule has 3 rings (SSSR count). The standard InChI is InChI=1S/C20H27F3O2/c1-2-24-11-13-3-8-19(25-12-13)15-6-4-14(5-7-15)16-9-17(21)20(23)18(22)10-16/h9-10,13-15,19H,2-8,11-12H2,1H3. The van der Waals surface area contributed by atoms with Gasteiger partial charge in [-0.1, -0.05) is 0 Å². The Morgan fingerprint density at radius 3 is 2.24 bits per heavy atom. The SMILES string of the molecule is CCOCC1CCC(C2CCC(c3cc(F)c(F)c(F)c3)CC2)OC1. The van der Waals surface area contributed by atoms with Crippen LogP contribution in [-0.2, 0) is 9.47 Å². The second-order valence-electron chi connectivity index (χ2n) is 7.38. The van der Waals surface area contributed by atoms with E-state index in [1.54, 1.807) is 0 Å². The van der Waals surface area contributed by atoms with Crippen molar-refractivity contribution in [3.05, 3.63) is 35.1 Å². The van der Waals surface area contributed by atoms with Crippen molar-refractivity contribution >= 4 is 0 Å². The summed E-state index contributed by atoms with van der Waals surface area (Å²) in [6.45, 7) is 4.29. The number of rotatable bonds is 5. The zero-order chi connectivity index (χ0) is 17.8. The molecule has 2 nitrogen and oxygen atoms in total. The molecule has 1 aromatic carbocycles. The van der Waals surface area contributed by atoms with Crippen molar-refractivity contribution in [1.82, 2.24) is 0 Å². The van der Waals surface area contributed by atoms with Crippen molar-refractivity contribution in [3.8, 4) is 0 Å². The molecule has 0 aromatic heterocycles. The fraction of sp³-hybridized carbons (Fsp3) is 0.700. The number of halogens is 3. The molecule has 0 bridgehead atoms. The summed E-state index contributed by atoms with van der Waals surface area (Å²) < 4.78 is 51.6. The Kier molecular flexibility index (Phi) is 6.39. The Morgan fingerprint density at radius 1 is 1.00 bits per heavy atom. The quantitative estimate of drug-likeness (QED) is 0.674. The van der Waals surface area contributed by atoms with Crippen LogP contribution in [-0.4, -0.2) is 25.9 Å². The molecule has 1 saturated heterocycles. The molecule has 1 aliphatic carbocycles. The summed E-state index contributed by atoms with van der Waals surface area (Å²) in [6, 6.07) is 2.30. The third-order valence-electron chi connectivity index (χ3n) is 5.74. The zero-order valence-corrected chi connectivity index (χ0v) is 14.8. The molecule has 2 unspecified atom stereocenters. The maximum Gasteiger partial charge on any atom is 0.194 e. The first-order valence-corrected chi connectivity index (χ1v) is 9.42. The van der Waals surface area contributed by atoms with Crippen LogP contribution in [0.25, 0.3) is 0 Å². The van der Waals surface area contributed by atoms with E-state index in [0.717, 1.165) is 70.5 Å². The van der Waals surface area contributed by atoms with Crippen LogP contribution in [0.1, 0.15) is 56.9 Å². The van der Waals surface area contributed by atoms with Gasteiger partial charge in [-0.25, -0.2) is 13.2 Å². The first-order chi connectivity index (χ1) is 12.1. The second kappa shape index (κ2) is 8.54. The maximum atomic E-state index is 13.4. The Labute approximate surface area is 147 Å². The number of hydrogen-bond acceptors (Lipinski definition) is 2. The molecule has 5 heteroatoms. The van der Waals surface area contributed by atoms with Crippen LogP contribution in [0.15, 0.2) is 12.1 Å². The molecule has 0 N–H and O–H groups in total. The van der Waals surface area contributed by atoms with E-state index < -0.39 is 17.5 Å². The van der Waals surface area contributed by atoms with Gasteiger partial charge >= 0.3 is 0 Å². The van der Waals surface area contributed by atoms with Gasteiger partial charge in [-0.15, -0.1) is 0 Å². The van der Waals surface area contributed by atoms with E-state index >= 15 is 0 Å². The highest BCUT2D eigenvalue weighted by molar-refractivity contribution is 5.23. The molecule has 25 heavy (non-hydrogen) atoms. The first-order valence-electron chi connectivity index (χ1n) is 9.42. The van der Waals surface area contributed by atoms with Crippen LogP contribution < -0.4 is 0 Å². The van der Waals surface area contributed by atoms with Gasteiger partial charge in [0.1, 0.15) is 0 Å². The minimum atomic E-state index is -1.38. The minimum absolute atomic E-state index is 0.107. The average Bonchev–Trinajstić information content (AvgIpc) is 2.64. The predicted octanol–water partition coefficient (Wildman–Crippen LogP) is 5.21. The van der Waals surface area contributed by atoms with Gasteiger partial charge in [0.15, 0.2) is 17.5 Å². The van der Waals surface area contributed by atoms with E-state index in [2.05, 4.69) is 0 Å². The largest absolute Gasteiger partial charge is 0.381 e. The fourth-order valence-electron chi connectivity index (χ4n) is 4.25. The van der Waals surface area contributed by atoms with Crippen molar-refractivity contribution in [1.29, 1.82) is 0 Å². The van der Waals surface area contributed by atoms with E-state index in [4.69, 9.17) is 9.47 Å². The van der Waals surface area contributed by atoms with Gasteiger partial charge in [0.2, 0.25) is 0 Å². The van der Waals surface area contributed by atoms with Gasteiger partial charge in [0, 0.05) is 12.5 Å². The van der Waals surface area contributed by atoms with Crippen molar-refractivity contribution in [2.24, 2.45) is 11.8 Å². The molecule has 1 saturated carbocycles. The van der Waals surface area contributed by atoms with Crippen molar-refractivity contribution in [3.63, 3.8) is 0 Å². The normalized spacial score (nSPS) is 30.4. The highest BCUT2D eigenvalue weighted by Gasteiger charge is 2.32. The number of benzene rings is 1. The van der Waals surface area contributed by atoms with Gasteiger partial charge < -0.3 is 9.47 Å². The van der Waals surface area contributed by atoms with Gasteiger partial charge in [-0.2, -0.15) is 0 Å². The predicted molar refractivity (Wildman–Crippen MR) is 90.0 cm³/mol. The van der Waals surface area contributed by atoms with Crippen LogP contribution in [0.2, 0.25) is 0 Å². The lowest BCUT2D eigenvalue weighted by atomic mass is 9.75. The van der Waals surface area contributed by atoms with E-state index in [9.17, 15) is 13.2 Å². The molecular formula is C20H27F3O2. The lowest BCUT2D eigenvalue weighted by Crippen LogP contribution is -2.35. The number of hydrogen-bond donors (Lipinski definition) is 0.